The van der Waals surface area contributed by atoms with E-state index in [1.807, 2.05) is 36.4 Å². The second kappa shape index (κ2) is 7.91. The van der Waals surface area contributed by atoms with Crippen LogP contribution in [-0.2, 0) is 6.54 Å². The van der Waals surface area contributed by atoms with E-state index in [1.54, 1.807) is 7.11 Å². The van der Waals surface area contributed by atoms with Crippen molar-refractivity contribution in [1.82, 2.24) is 5.32 Å². The van der Waals surface area contributed by atoms with Crippen LogP contribution in [0.25, 0.3) is 0 Å². The molecule has 0 aliphatic rings. The quantitative estimate of drug-likeness (QED) is 0.789. The number of halogens is 1. The number of benzene rings is 2. The monoisotopic (exact) mass is 305 g/mol. The minimum atomic E-state index is 0.632. The van der Waals surface area contributed by atoms with Gasteiger partial charge in [0.05, 0.1) is 12.1 Å². The molecule has 0 radical (unpaired) electrons. The lowest BCUT2D eigenvalue weighted by atomic mass is 10.2. The van der Waals surface area contributed by atoms with Gasteiger partial charge in [-0.1, -0.05) is 29.8 Å². The summed E-state index contributed by atoms with van der Waals surface area (Å²) >= 11 is 6.09. The van der Waals surface area contributed by atoms with Gasteiger partial charge in [0.2, 0.25) is 0 Å². The van der Waals surface area contributed by atoms with Gasteiger partial charge in [0.15, 0.2) is 0 Å². The van der Waals surface area contributed by atoms with E-state index >= 15 is 0 Å². The zero-order valence-electron chi connectivity index (χ0n) is 12.4. The van der Waals surface area contributed by atoms with Crippen LogP contribution in [0.3, 0.4) is 0 Å². The van der Waals surface area contributed by atoms with Crippen LogP contribution in [0, 0.1) is 6.92 Å². The van der Waals surface area contributed by atoms with E-state index in [-0.39, 0.29) is 0 Å². The molecule has 21 heavy (non-hydrogen) atoms. The fraction of sp³-hybridized carbons (Fsp3) is 0.294. The second-order valence-electron chi connectivity index (χ2n) is 4.81. The average Bonchev–Trinajstić information content (AvgIpc) is 2.47. The Morgan fingerprint density at radius 3 is 2.71 bits per heavy atom. The Bertz CT molecular complexity index is 587. The SMILES string of the molecule is COc1ccc(CNCCOc2cccc(C)c2)cc1Cl. The molecule has 1 N–H and O–H groups in total. The molecule has 2 rings (SSSR count). The third kappa shape index (κ3) is 4.96. The molecule has 0 heterocycles. The van der Waals surface area contributed by atoms with E-state index in [2.05, 4.69) is 18.3 Å². The maximum absolute atomic E-state index is 6.09. The fourth-order valence-corrected chi connectivity index (χ4v) is 2.28. The molecule has 4 heteroatoms. The molecule has 2 aromatic carbocycles. The van der Waals surface area contributed by atoms with Gasteiger partial charge in [0.25, 0.3) is 0 Å². The van der Waals surface area contributed by atoms with Crippen LogP contribution in [0.5, 0.6) is 11.5 Å². The van der Waals surface area contributed by atoms with Gasteiger partial charge in [0, 0.05) is 13.1 Å². The molecule has 0 saturated carbocycles. The van der Waals surface area contributed by atoms with Crippen molar-refractivity contribution in [3.05, 3.63) is 58.6 Å². The molecule has 112 valence electrons. The van der Waals surface area contributed by atoms with Crippen LogP contribution < -0.4 is 14.8 Å². The minimum Gasteiger partial charge on any atom is -0.495 e. The topological polar surface area (TPSA) is 30.5 Å². The third-order valence-corrected chi connectivity index (χ3v) is 3.38. The van der Waals surface area contributed by atoms with Gasteiger partial charge in [-0.3, -0.25) is 0 Å². The molecule has 0 saturated heterocycles. The minimum absolute atomic E-state index is 0.632. The van der Waals surface area contributed by atoms with Gasteiger partial charge in [-0.2, -0.15) is 0 Å². The van der Waals surface area contributed by atoms with Crippen molar-refractivity contribution in [2.45, 2.75) is 13.5 Å². The summed E-state index contributed by atoms with van der Waals surface area (Å²) in [6.45, 7) is 4.21. The first kappa shape index (κ1) is 15.7. The Labute approximate surface area is 130 Å². The predicted octanol–water partition coefficient (Wildman–Crippen LogP) is 3.83. The van der Waals surface area contributed by atoms with Crippen molar-refractivity contribution in [3.8, 4) is 11.5 Å². The summed E-state index contributed by atoms with van der Waals surface area (Å²) in [5, 5.41) is 3.96. The van der Waals surface area contributed by atoms with Gasteiger partial charge in [-0.25, -0.2) is 0 Å². The van der Waals surface area contributed by atoms with Crippen molar-refractivity contribution in [3.63, 3.8) is 0 Å². The van der Waals surface area contributed by atoms with Gasteiger partial charge in [-0.05, 0) is 42.3 Å². The summed E-state index contributed by atoms with van der Waals surface area (Å²) in [5.74, 6) is 1.60. The lowest BCUT2D eigenvalue weighted by Crippen LogP contribution is -2.20. The molecule has 3 nitrogen and oxygen atoms in total. The lowest BCUT2D eigenvalue weighted by Gasteiger charge is -2.09. The van der Waals surface area contributed by atoms with Gasteiger partial charge in [0.1, 0.15) is 18.1 Å². The highest BCUT2D eigenvalue weighted by Crippen LogP contribution is 2.24. The van der Waals surface area contributed by atoms with Crippen LogP contribution in [0.15, 0.2) is 42.5 Å². The van der Waals surface area contributed by atoms with E-state index in [1.165, 1.54) is 5.56 Å². The van der Waals surface area contributed by atoms with Gasteiger partial charge in [-0.15, -0.1) is 0 Å². The first-order valence-corrected chi connectivity index (χ1v) is 7.29. The Morgan fingerprint density at radius 2 is 2.00 bits per heavy atom. The Morgan fingerprint density at radius 1 is 1.14 bits per heavy atom. The van der Waals surface area contributed by atoms with Crippen molar-refractivity contribution in [2.24, 2.45) is 0 Å². The Kier molecular flexibility index (Phi) is 5.90. The molecule has 2 aromatic rings. The first-order valence-electron chi connectivity index (χ1n) is 6.91. The Hall–Kier alpha value is -1.71. The van der Waals surface area contributed by atoms with Gasteiger partial charge < -0.3 is 14.8 Å². The average molecular weight is 306 g/mol. The molecule has 0 fully saturated rings. The summed E-state index contributed by atoms with van der Waals surface area (Å²) in [4.78, 5) is 0. The molecule has 0 atom stereocenters. The third-order valence-electron chi connectivity index (χ3n) is 3.08. The molecule has 0 amide bonds. The number of ether oxygens (including phenoxy) is 2. The number of hydrogen-bond acceptors (Lipinski definition) is 3. The maximum atomic E-state index is 6.09. The molecule has 0 aliphatic carbocycles. The zero-order chi connectivity index (χ0) is 15.1. The summed E-state index contributed by atoms with van der Waals surface area (Å²) < 4.78 is 10.8. The molecular formula is C17H20ClNO2. The highest BCUT2D eigenvalue weighted by molar-refractivity contribution is 6.32. The van der Waals surface area contributed by atoms with Crippen LogP contribution in [0.4, 0.5) is 0 Å². The zero-order valence-corrected chi connectivity index (χ0v) is 13.1. The van der Waals surface area contributed by atoms with E-state index in [0.29, 0.717) is 17.4 Å². The largest absolute Gasteiger partial charge is 0.495 e. The van der Waals surface area contributed by atoms with Crippen LogP contribution in [-0.4, -0.2) is 20.3 Å². The molecule has 0 unspecified atom stereocenters. The lowest BCUT2D eigenvalue weighted by molar-refractivity contribution is 0.313. The van der Waals surface area contributed by atoms with Crippen molar-refractivity contribution in [1.29, 1.82) is 0 Å². The number of rotatable bonds is 7. The molecule has 0 aromatic heterocycles. The van der Waals surface area contributed by atoms with Crippen molar-refractivity contribution < 1.29 is 9.47 Å². The van der Waals surface area contributed by atoms with E-state index < -0.39 is 0 Å². The second-order valence-corrected chi connectivity index (χ2v) is 5.22. The number of methoxy groups -OCH3 is 1. The van der Waals surface area contributed by atoms with Crippen LogP contribution in [0.1, 0.15) is 11.1 Å². The van der Waals surface area contributed by atoms with E-state index in [0.717, 1.165) is 24.4 Å². The van der Waals surface area contributed by atoms with E-state index in [4.69, 9.17) is 21.1 Å². The van der Waals surface area contributed by atoms with Crippen LogP contribution in [0.2, 0.25) is 5.02 Å². The predicted molar refractivity (Wildman–Crippen MR) is 86.4 cm³/mol. The fourth-order valence-electron chi connectivity index (χ4n) is 2.00. The smallest absolute Gasteiger partial charge is 0.137 e. The molecule has 0 bridgehead atoms. The van der Waals surface area contributed by atoms with Crippen LogP contribution >= 0.6 is 11.6 Å². The number of aryl methyl sites for hydroxylation is 1. The maximum Gasteiger partial charge on any atom is 0.137 e. The molecular weight excluding hydrogens is 286 g/mol. The summed E-state index contributed by atoms with van der Waals surface area (Å²) in [6.07, 6.45) is 0. The van der Waals surface area contributed by atoms with Crippen molar-refractivity contribution >= 4 is 11.6 Å². The summed E-state index contributed by atoms with van der Waals surface area (Å²) in [7, 11) is 1.61. The number of nitrogens with one attached hydrogen (secondary N) is 1. The molecule has 0 spiro atoms. The Balaban J connectivity index is 1.71. The highest BCUT2D eigenvalue weighted by Gasteiger charge is 2.01. The van der Waals surface area contributed by atoms with Gasteiger partial charge >= 0.3 is 0 Å². The first-order chi connectivity index (χ1) is 10.2. The highest BCUT2D eigenvalue weighted by atomic mass is 35.5. The standard InChI is InChI=1S/C17H20ClNO2/c1-13-4-3-5-15(10-13)21-9-8-19-12-14-6-7-17(20-2)16(18)11-14/h3-7,10-11,19H,8-9,12H2,1-2H3. The summed E-state index contributed by atoms with van der Waals surface area (Å²) in [6, 6.07) is 13.8. The molecule has 0 aliphatic heterocycles. The number of hydrogen-bond donors (Lipinski definition) is 1. The normalized spacial score (nSPS) is 10.4. The van der Waals surface area contributed by atoms with Crippen molar-refractivity contribution in [2.75, 3.05) is 20.3 Å². The summed E-state index contributed by atoms with van der Waals surface area (Å²) in [5.41, 5.74) is 2.32. The van der Waals surface area contributed by atoms with E-state index in [9.17, 15) is 0 Å².